The van der Waals surface area contributed by atoms with Gasteiger partial charge in [-0.1, -0.05) is 26.2 Å². The van der Waals surface area contributed by atoms with E-state index in [1.54, 1.807) is 27.7 Å². The minimum atomic E-state index is -0.588. The van der Waals surface area contributed by atoms with Gasteiger partial charge in [0.2, 0.25) is 5.91 Å². The molecule has 0 saturated heterocycles. The van der Waals surface area contributed by atoms with Crippen molar-refractivity contribution in [2.45, 2.75) is 84.4 Å². The maximum atomic E-state index is 12.2. The van der Waals surface area contributed by atoms with Crippen LogP contribution in [-0.2, 0) is 9.53 Å². The van der Waals surface area contributed by atoms with Gasteiger partial charge in [0, 0.05) is 6.04 Å². The smallest absolute Gasteiger partial charge is 0.408 e. The lowest BCUT2D eigenvalue weighted by atomic mass is 9.97. The van der Waals surface area contributed by atoms with E-state index in [0.29, 0.717) is 5.92 Å². The Balaban J connectivity index is 2.44. The molecule has 1 aliphatic rings. The molecule has 5 heteroatoms. The van der Waals surface area contributed by atoms with E-state index >= 15 is 0 Å². The minimum Gasteiger partial charge on any atom is -0.444 e. The summed E-state index contributed by atoms with van der Waals surface area (Å²) in [5.41, 5.74) is -0.559. The average molecular weight is 298 g/mol. The van der Waals surface area contributed by atoms with Crippen molar-refractivity contribution in [3.05, 3.63) is 0 Å². The third-order valence-corrected chi connectivity index (χ3v) is 3.82. The first-order valence-electron chi connectivity index (χ1n) is 7.99. The summed E-state index contributed by atoms with van der Waals surface area (Å²) < 4.78 is 5.16. The topological polar surface area (TPSA) is 67.4 Å². The second-order valence-electron chi connectivity index (χ2n) is 7.10. The van der Waals surface area contributed by atoms with Crippen molar-refractivity contribution < 1.29 is 14.3 Å². The molecule has 2 amide bonds. The number of carbonyl (C=O) groups is 2. The van der Waals surface area contributed by atoms with Gasteiger partial charge in [0.25, 0.3) is 0 Å². The lowest BCUT2D eigenvalue weighted by molar-refractivity contribution is -0.123. The fraction of sp³-hybridized carbons (Fsp3) is 0.875. The van der Waals surface area contributed by atoms with Crippen LogP contribution < -0.4 is 10.6 Å². The molecule has 2 N–H and O–H groups in total. The Morgan fingerprint density at radius 1 is 1.14 bits per heavy atom. The quantitative estimate of drug-likeness (QED) is 0.787. The minimum absolute atomic E-state index is 0.139. The van der Waals surface area contributed by atoms with Crippen LogP contribution in [0.2, 0.25) is 0 Å². The summed E-state index contributed by atoms with van der Waals surface area (Å²) in [5.74, 6) is 0.352. The van der Waals surface area contributed by atoms with Crippen molar-refractivity contribution in [1.82, 2.24) is 10.6 Å². The highest BCUT2D eigenvalue weighted by Crippen LogP contribution is 2.22. The predicted octanol–water partition coefficient (Wildman–Crippen LogP) is 2.98. The molecule has 3 atom stereocenters. The van der Waals surface area contributed by atoms with Gasteiger partial charge in [-0.2, -0.15) is 0 Å². The van der Waals surface area contributed by atoms with Gasteiger partial charge in [-0.25, -0.2) is 4.79 Å². The summed E-state index contributed by atoms with van der Waals surface area (Å²) in [6.07, 6.45) is 5.24. The predicted molar refractivity (Wildman–Crippen MR) is 83.0 cm³/mol. The highest BCUT2D eigenvalue weighted by Gasteiger charge is 2.25. The van der Waals surface area contributed by atoms with Gasteiger partial charge in [-0.15, -0.1) is 0 Å². The third-order valence-electron chi connectivity index (χ3n) is 3.82. The summed E-state index contributed by atoms with van der Waals surface area (Å²) in [6, 6.07) is -0.377. The number of alkyl carbamates (subject to hydrolysis) is 1. The number of hydrogen-bond acceptors (Lipinski definition) is 3. The summed E-state index contributed by atoms with van der Waals surface area (Å²) in [7, 11) is 0. The van der Waals surface area contributed by atoms with Gasteiger partial charge >= 0.3 is 6.09 Å². The van der Waals surface area contributed by atoms with E-state index < -0.39 is 17.7 Å². The Hall–Kier alpha value is -1.26. The maximum Gasteiger partial charge on any atom is 0.408 e. The molecular weight excluding hydrogens is 268 g/mol. The average Bonchev–Trinajstić information content (AvgIpc) is 2.52. The molecule has 0 aromatic rings. The van der Waals surface area contributed by atoms with Gasteiger partial charge in [0.1, 0.15) is 11.6 Å². The van der Waals surface area contributed by atoms with Crippen LogP contribution in [0.1, 0.15) is 66.7 Å². The Kier molecular flexibility index (Phi) is 6.49. The summed E-state index contributed by atoms with van der Waals surface area (Å²) in [4.78, 5) is 23.9. The highest BCUT2D eigenvalue weighted by molar-refractivity contribution is 5.85. The van der Waals surface area contributed by atoms with Gasteiger partial charge in [0.05, 0.1) is 0 Å². The monoisotopic (exact) mass is 298 g/mol. The van der Waals surface area contributed by atoms with Gasteiger partial charge in [-0.05, 0) is 46.5 Å². The molecule has 0 spiro atoms. The fourth-order valence-electron chi connectivity index (χ4n) is 2.57. The van der Waals surface area contributed by atoms with Crippen molar-refractivity contribution in [3.63, 3.8) is 0 Å². The number of carbonyl (C=O) groups excluding carboxylic acids is 2. The summed E-state index contributed by atoms with van der Waals surface area (Å²) in [5, 5.41) is 5.65. The van der Waals surface area contributed by atoms with Crippen molar-refractivity contribution in [2.24, 2.45) is 5.92 Å². The molecule has 5 nitrogen and oxygen atoms in total. The number of hydrogen-bond donors (Lipinski definition) is 2. The molecule has 0 bridgehead atoms. The van der Waals surface area contributed by atoms with E-state index in [1.165, 1.54) is 12.8 Å². The van der Waals surface area contributed by atoms with Crippen molar-refractivity contribution >= 4 is 12.0 Å². The van der Waals surface area contributed by atoms with Crippen molar-refractivity contribution in [1.29, 1.82) is 0 Å². The first kappa shape index (κ1) is 17.8. The molecule has 0 aliphatic heterocycles. The molecule has 1 fully saturated rings. The highest BCUT2D eigenvalue weighted by atomic mass is 16.6. The van der Waals surface area contributed by atoms with Crippen LogP contribution in [0.5, 0.6) is 0 Å². The molecule has 122 valence electrons. The molecule has 0 heterocycles. The lowest BCUT2D eigenvalue weighted by Gasteiger charge is -2.26. The SMILES string of the molecule is CC(NC(=O)OC(C)(C)C)C(=O)NC1CCCCCC1C. The van der Waals surface area contributed by atoms with E-state index in [9.17, 15) is 9.59 Å². The summed E-state index contributed by atoms with van der Waals surface area (Å²) in [6.45, 7) is 9.25. The molecule has 0 aromatic heterocycles. The first-order chi connectivity index (χ1) is 9.69. The van der Waals surface area contributed by atoms with E-state index in [2.05, 4.69) is 17.6 Å². The largest absolute Gasteiger partial charge is 0.444 e. The zero-order chi connectivity index (χ0) is 16.0. The fourth-order valence-corrected chi connectivity index (χ4v) is 2.57. The lowest BCUT2D eigenvalue weighted by Crippen LogP contribution is -2.50. The standard InChI is InChI=1S/C16H30N2O3/c1-11-9-7-6-8-10-13(11)18-14(19)12(2)17-15(20)21-16(3,4)5/h11-13H,6-10H2,1-5H3,(H,17,20)(H,18,19). The van der Waals surface area contributed by atoms with Crippen molar-refractivity contribution in [2.75, 3.05) is 0 Å². The van der Waals surface area contributed by atoms with Gasteiger partial charge in [-0.3, -0.25) is 4.79 Å². The normalized spacial score (nSPS) is 24.6. The number of rotatable bonds is 3. The maximum absolute atomic E-state index is 12.2. The Morgan fingerprint density at radius 2 is 1.76 bits per heavy atom. The number of nitrogens with one attached hydrogen (secondary N) is 2. The van der Waals surface area contributed by atoms with E-state index in [0.717, 1.165) is 19.3 Å². The van der Waals surface area contributed by atoms with Crippen LogP contribution in [0.15, 0.2) is 0 Å². The van der Waals surface area contributed by atoms with Crippen LogP contribution in [0.3, 0.4) is 0 Å². The molecule has 1 saturated carbocycles. The molecule has 0 aromatic carbocycles. The van der Waals surface area contributed by atoms with Gasteiger partial charge < -0.3 is 15.4 Å². The molecular formula is C16H30N2O3. The zero-order valence-corrected chi connectivity index (χ0v) is 14.0. The van der Waals surface area contributed by atoms with Gasteiger partial charge in [0.15, 0.2) is 0 Å². The van der Waals surface area contributed by atoms with Crippen LogP contribution >= 0.6 is 0 Å². The Morgan fingerprint density at radius 3 is 2.38 bits per heavy atom. The molecule has 21 heavy (non-hydrogen) atoms. The van der Waals surface area contributed by atoms with E-state index in [1.807, 2.05) is 0 Å². The number of ether oxygens (including phenoxy) is 1. The zero-order valence-electron chi connectivity index (χ0n) is 14.0. The number of amides is 2. The Labute approximate surface area is 128 Å². The first-order valence-corrected chi connectivity index (χ1v) is 7.99. The van der Waals surface area contributed by atoms with Crippen molar-refractivity contribution in [3.8, 4) is 0 Å². The Bertz CT molecular complexity index is 363. The van der Waals surface area contributed by atoms with Crippen LogP contribution in [0.4, 0.5) is 4.79 Å². The second kappa shape index (κ2) is 7.66. The molecule has 1 aliphatic carbocycles. The van der Waals surface area contributed by atoms with Crippen LogP contribution in [0, 0.1) is 5.92 Å². The molecule has 3 unspecified atom stereocenters. The van der Waals surface area contributed by atoms with Crippen LogP contribution in [0.25, 0.3) is 0 Å². The third kappa shape index (κ3) is 6.82. The second-order valence-corrected chi connectivity index (χ2v) is 7.10. The molecule has 1 rings (SSSR count). The van der Waals surface area contributed by atoms with E-state index in [4.69, 9.17) is 4.74 Å². The summed E-state index contributed by atoms with van der Waals surface area (Å²) >= 11 is 0. The van der Waals surface area contributed by atoms with E-state index in [-0.39, 0.29) is 11.9 Å². The van der Waals surface area contributed by atoms with Crippen LogP contribution in [-0.4, -0.2) is 29.7 Å². The molecule has 0 radical (unpaired) electrons.